The number of fused-ring (bicyclic) bond motifs is 1. The first-order chi connectivity index (χ1) is 11.9. The molecule has 1 aromatic heterocycles. The third-order valence-electron chi connectivity index (χ3n) is 4.65. The molecule has 0 bridgehead atoms. The second-order valence-corrected chi connectivity index (χ2v) is 6.30. The topological polar surface area (TPSA) is 85.5 Å². The maximum absolute atomic E-state index is 13.7. The molecule has 25 heavy (non-hydrogen) atoms. The van der Waals surface area contributed by atoms with Crippen LogP contribution in [0.1, 0.15) is 28.9 Å². The molecule has 0 saturated carbocycles. The molecular weight excluding hydrogens is 325 g/mol. The minimum Gasteiger partial charge on any atom is -0.496 e. The number of carbonyl (C=O) groups is 2. The molecule has 1 aliphatic rings. The molecule has 7 heteroatoms. The van der Waals surface area contributed by atoms with Gasteiger partial charge in [-0.15, -0.1) is 0 Å². The SMILES string of the molecule is COc1cc(C(=O)N2CCC(C(N)=O)CC2)nc2c(C)cc(F)cc12. The van der Waals surface area contributed by atoms with Crippen molar-refractivity contribution in [2.45, 2.75) is 19.8 Å². The summed E-state index contributed by atoms with van der Waals surface area (Å²) in [6, 6.07) is 4.26. The van der Waals surface area contributed by atoms with Gasteiger partial charge in [0.25, 0.3) is 5.91 Å². The molecule has 0 atom stereocenters. The van der Waals surface area contributed by atoms with Crippen LogP contribution in [0.4, 0.5) is 4.39 Å². The van der Waals surface area contributed by atoms with Gasteiger partial charge in [0.2, 0.25) is 5.91 Å². The normalized spacial score (nSPS) is 15.4. The third kappa shape index (κ3) is 3.26. The van der Waals surface area contributed by atoms with E-state index in [1.165, 1.54) is 25.3 Å². The average molecular weight is 345 g/mol. The van der Waals surface area contributed by atoms with Gasteiger partial charge in [0.15, 0.2) is 0 Å². The molecule has 2 heterocycles. The van der Waals surface area contributed by atoms with Crippen molar-refractivity contribution in [2.75, 3.05) is 20.2 Å². The number of nitrogens with zero attached hydrogens (tertiary/aromatic N) is 2. The van der Waals surface area contributed by atoms with E-state index < -0.39 is 0 Å². The lowest BCUT2D eigenvalue weighted by Crippen LogP contribution is -2.42. The van der Waals surface area contributed by atoms with E-state index in [1.807, 2.05) is 0 Å². The molecule has 132 valence electrons. The van der Waals surface area contributed by atoms with Gasteiger partial charge in [-0.1, -0.05) is 0 Å². The van der Waals surface area contributed by atoms with E-state index in [-0.39, 0.29) is 29.2 Å². The number of pyridine rings is 1. The second kappa shape index (κ2) is 6.66. The monoisotopic (exact) mass is 345 g/mol. The van der Waals surface area contributed by atoms with E-state index in [0.717, 1.165) is 0 Å². The fourth-order valence-electron chi connectivity index (χ4n) is 3.23. The largest absolute Gasteiger partial charge is 0.496 e. The Morgan fingerprint density at radius 2 is 1.96 bits per heavy atom. The number of hydrogen-bond donors (Lipinski definition) is 1. The van der Waals surface area contributed by atoms with Crippen LogP contribution >= 0.6 is 0 Å². The molecule has 1 fully saturated rings. The summed E-state index contributed by atoms with van der Waals surface area (Å²) in [7, 11) is 1.47. The highest BCUT2D eigenvalue weighted by Gasteiger charge is 2.27. The zero-order chi connectivity index (χ0) is 18.1. The molecule has 1 aliphatic heterocycles. The molecule has 2 N–H and O–H groups in total. The number of amides is 2. The number of methoxy groups -OCH3 is 1. The Labute approximate surface area is 144 Å². The minimum absolute atomic E-state index is 0.187. The Balaban J connectivity index is 1.93. The number of halogens is 1. The standard InChI is InChI=1S/C18H20FN3O3/c1-10-7-12(19)8-13-15(25-2)9-14(21-16(10)13)18(24)22-5-3-11(4-6-22)17(20)23/h7-9,11H,3-6H2,1-2H3,(H2,20,23). The number of primary amides is 1. The van der Waals surface area contributed by atoms with Gasteiger partial charge in [-0.25, -0.2) is 9.37 Å². The average Bonchev–Trinajstić information content (AvgIpc) is 2.60. The maximum Gasteiger partial charge on any atom is 0.272 e. The van der Waals surface area contributed by atoms with E-state index in [1.54, 1.807) is 11.8 Å². The van der Waals surface area contributed by atoms with Crippen molar-refractivity contribution in [1.82, 2.24) is 9.88 Å². The Morgan fingerprint density at radius 1 is 1.28 bits per heavy atom. The van der Waals surface area contributed by atoms with Gasteiger partial charge in [0.1, 0.15) is 17.3 Å². The number of benzene rings is 1. The molecule has 3 rings (SSSR count). The van der Waals surface area contributed by atoms with Crippen LogP contribution < -0.4 is 10.5 Å². The van der Waals surface area contributed by atoms with Gasteiger partial charge >= 0.3 is 0 Å². The van der Waals surface area contributed by atoms with Gasteiger partial charge < -0.3 is 15.4 Å². The Hall–Kier alpha value is -2.70. The summed E-state index contributed by atoms with van der Waals surface area (Å²) in [4.78, 5) is 30.1. The zero-order valence-electron chi connectivity index (χ0n) is 14.2. The number of rotatable bonds is 3. The van der Waals surface area contributed by atoms with Crippen molar-refractivity contribution in [3.8, 4) is 5.75 Å². The number of ether oxygens (including phenoxy) is 1. The van der Waals surface area contributed by atoms with Crippen molar-refractivity contribution in [3.63, 3.8) is 0 Å². The number of aryl methyl sites for hydroxylation is 1. The van der Waals surface area contributed by atoms with Gasteiger partial charge in [-0.3, -0.25) is 9.59 Å². The van der Waals surface area contributed by atoms with Gasteiger partial charge in [-0.2, -0.15) is 0 Å². The van der Waals surface area contributed by atoms with Crippen LogP contribution in [0.5, 0.6) is 5.75 Å². The Bertz CT molecular complexity index is 845. The summed E-state index contributed by atoms with van der Waals surface area (Å²) in [5.74, 6) is -0.712. The van der Waals surface area contributed by atoms with Gasteiger partial charge in [-0.05, 0) is 37.5 Å². The van der Waals surface area contributed by atoms with Crippen molar-refractivity contribution in [2.24, 2.45) is 11.7 Å². The number of aromatic nitrogens is 1. The van der Waals surface area contributed by atoms with Gasteiger partial charge in [0.05, 0.1) is 12.6 Å². The Morgan fingerprint density at radius 3 is 2.56 bits per heavy atom. The number of carbonyl (C=O) groups excluding carboxylic acids is 2. The molecular formula is C18H20FN3O3. The molecule has 1 aromatic carbocycles. The van der Waals surface area contributed by atoms with Crippen molar-refractivity contribution in [1.29, 1.82) is 0 Å². The Kier molecular flexibility index (Phi) is 4.57. The third-order valence-corrected chi connectivity index (χ3v) is 4.65. The summed E-state index contributed by atoms with van der Waals surface area (Å²) in [5.41, 5.74) is 6.75. The van der Waals surface area contributed by atoms with Crippen LogP contribution in [-0.2, 0) is 4.79 Å². The first kappa shape index (κ1) is 17.1. The maximum atomic E-state index is 13.7. The summed E-state index contributed by atoms with van der Waals surface area (Å²) >= 11 is 0. The van der Waals surface area contributed by atoms with Crippen LogP contribution in [0.25, 0.3) is 10.9 Å². The van der Waals surface area contributed by atoms with E-state index in [0.29, 0.717) is 48.1 Å². The number of likely N-dealkylation sites (tertiary alicyclic amines) is 1. The molecule has 6 nitrogen and oxygen atoms in total. The van der Waals surface area contributed by atoms with E-state index in [9.17, 15) is 14.0 Å². The fraction of sp³-hybridized carbons (Fsp3) is 0.389. The summed E-state index contributed by atoms with van der Waals surface area (Å²) < 4.78 is 19.0. The fourth-order valence-corrected chi connectivity index (χ4v) is 3.23. The van der Waals surface area contributed by atoms with Crippen LogP contribution in [0.2, 0.25) is 0 Å². The molecule has 0 aliphatic carbocycles. The van der Waals surface area contributed by atoms with E-state index in [4.69, 9.17) is 10.5 Å². The number of piperidine rings is 1. The van der Waals surface area contributed by atoms with E-state index in [2.05, 4.69) is 4.98 Å². The van der Waals surface area contributed by atoms with Crippen LogP contribution in [-0.4, -0.2) is 41.9 Å². The molecule has 0 spiro atoms. The molecule has 0 radical (unpaired) electrons. The van der Waals surface area contributed by atoms with Gasteiger partial charge in [0, 0.05) is 30.5 Å². The summed E-state index contributed by atoms with van der Waals surface area (Å²) in [5, 5.41) is 0.531. The van der Waals surface area contributed by atoms with Crippen molar-refractivity contribution in [3.05, 3.63) is 35.3 Å². The lowest BCUT2D eigenvalue weighted by Gasteiger charge is -2.30. The van der Waals surface area contributed by atoms with E-state index >= 15 is 0 Å². The first-order valence-electron chi connectivity index (χ1n) is 8.14. The molecule has 2 aromatic rings. The number of nitrogens with two attached hydrogens (primary N) is 1. The van der Waals surface area contributed by atoms with Crippen LogP contribution in [0.15, 0.2) is 18.2 Å². The molecule has 2 amide bonds. The lowest BCUT2D eigenvalue weighted by molar-refractivity contribution is -0.123. The molecule has 1 saturated heterocycles. The lowest BCUT2D eigenvalue weighted by atomic mass is 9.96. The van der Waals surface area contributed by atoms with Crippen LogP contribution in [0.3, 0.4) is 0 Å². The first-order valence-corrected chi connectivity index (χ1v) is 8.14. The van der Waals surface area contributed by atoms with Crippen LogP contribution in [0, 0.1) is 18.7 Å². The minimum atomic E-state index is -0.377. The van der Waals surface area contributed by atoms with Crippen molar-refractivity contribution >= 4 is 22.7 Å². The zero-order valence-corrected chi connectivity index (χ0v) is 14.2. The smallest absolute Gasteiger partial charge is 0.272 e. The predicted molar refractivity (Wildman–Crippen MR) is 90.8 cm³/mol. The predicted octanol–water partition coefficient (Wildman–Crippen LogP) is 2.03. The summed E-state index contributed by atoms with van der Waals surface area (Å²) in [6.45, 7) is 2.65. The highest BCUT2D eigenvalue weighted by molar-refractivity contribution is 5.98. The highest BCUT2D eigenvalue weighted by atomic mass is 19.1. The summed E-state index contributed by atoms with van der Waals surface area (Å²) in [6.07, 6.45) is 1.10. The number of hydrogen-bond acceptors (Lipinski definition) is 4. The highest BCUT2D eigenvalue weighted by Crippen LogP contribution is 2.29. The van der Waals surface area contributed by atoms with Crippen molar-refractivity contribution < 1.29 is 18.7 Å². The second-order valence-electron chi connectivity index (χ2n) is 6.30. The quantitative estimate of drug-likeness (QED) is 0.922. The molecule has 0 unspecified atom stereocenters.